The van der Waals surface area contributed by atoms with Crippen LogP contribution >= 0.6 is 15.7 Å². The highest BCUT2D eigenvalue weighted by atomic mass is 31.7. The molecule has 0 fully saturated rings. The van der Waals surface area contributed by atoms with Gasteiger partial charge in [0.15, 0.2) is 0 Å². The molecule has 0 aliphatic heterocycles. The zero-order valence-electron chi connectivity index (χ0n) is 40.9. The van der Waals surface area contributed by atoms with E-state index in [1.165, 1.54) is 38.0 Å². The summed E-state index contributed by atoms with van der Waals surface area (Å²) in [7, 11) is -10.1. The van der Waals surface area contributed by atoms with Crippen molar-refractivity contribution in [1.82, 2.24) is 0 Å². The van der Waals surface area contributed by atoms with Gasteiger partial charge in [0.25, 0.3) is 0 Å². The summed E-state index contributed by atoms with van der Waals surface area (Å²) in [6, 6.07) is 29.2. The summed E-state index contributed by atoms with van der Waals surface area (Å²) in [6.45, 7) is 56.4. The van der Waals surface area contributed by atoms with E-state index in [4.69, 9.17) is 0 Å². The number of hydrogen-bond donors (Lipinski definition) is 0. The number of benzene rings is 3. The summed E-state index contributed by atoms with van der Waals surface area (Å²) in [4.78, 5) is 0. The first-order valence-corrected chi connectivity index (χ1v) is 49.5. The third-order valence-electron chi connectivity index (χ3n) is 14.2. The maximum absolute atomic E-state index is 11.3. The zero-order chi connectivity index (χ0) is 44.9. The predicted molar refractivity (Wildman–Crippen MR) is 284 cm³/mol. The first-order valence-electron chi connectivity index (χ1n) is 22.2. The van der Waals surface area contributed by atoms with Crippen LogP contribution in [-0.4, -0.2) is 56.5 Å². The summed E-state index contributed by atoms with van der Waals surface area (Å²) >= 11 is 0. The molecule has 3 aromatic rings. The molecular weight excluding hydrogens is 863 g/mol. The van der Waals surface area contributed by atoms with Gasteiger partial charge in [0.2, 0.25) is 0 Å². The number of nitrogens with zero attached hydrogens (tertiary/aromatic N) is 2. The predicted octanol–water partition coefficient (Wildman–Crippen LogP) is 15.3. The number of rotatable bonds is 12. The minimum absolute atomic E-state index is 0.0691. The molecule has 3 aromatic carbocycles. The molecule has 0 amide bonds. The molecular formula is C48H78N2P2Si7. The van der Waals surface area contributed by atoms with E-state index < -0.39 is 67.6 Å². The third-order valence-corrected chi connectivity index (χ3v) is 57.7. The molecule has 0 saturated carbocycles. The lowest BCUT2D eigenvalue weighted by atomic mass is 9.54. The number of nitriles is 2. The smallest absolute Gasteiger partial charge is 0.0848 e. The Balaban J connectivity index is 2.12. The Bertz CT molecular complexity index is 2040. The summed E-state index contributed by atoms with van der Waals surface area (Å²) < 4.78 is 0.265. The van der Waals surface area contributed by atoms with Gasteiger partial charge < -0.3 is 0 Å². The highest BCUT2D eigenvalue weighted by Gasteiger charge is 2.62. The van der Waals surface area contributed by atoms with E-state index in [-0.39, 0.29) is 16.1 Å². The normalized spacial score (nSPS) is 21.7. The van der Waals surface area contributed by atoms with Crippen molar-refractivity contribution in [2.75, 3.05) is 0 Å². The molecule has 0 heterocycles. The second-order valence-corrected chi connectivity index (χ2v) is 68.1. The minimum Gasteiger partial charge on any atom is -0.198 e. The number of hydrogen-bond acceptors (Lipinski definition) is 2. The summed E-state index contributed by atoms with van der Waals surface area (Å²) in [5.74, 6) is -0.871. The maximum Gasteiger partial charge on any atom is 0.0848 e. The molecule has 3 aliphatic carbocycles. The van der Waals surface area contributed by atoms with Gasteiger partial charge in [0.1, 0.15) is 0 Å². The van der Waals surface area contributed by atoms with Crippen LogP contribution in [0.5, 0.6) is 0 Å². The van der Waals surface area contributed by atoms with Crippen molar-refractivity contribution in [2.24, 2.45) is 11.8 Å². The van der Waals surface area contributed by atoms with Crippen LogP contribution in [-0.2, 0) is 9.44 Å². The fourth-order valence-corrected chi connectivity index (χ4v) is 75.2. The van der Waals surface area contributed by atoms with Crippen molar-refractivity contribution in [2.45, 2.75) is 163 Å². The Labute approximate surface area is 372 Å². The van der Waals surface area contributed by atoms with Gasteiger partial charge in [-0.2, -0.15) is 10.5 Å². The lowest BCUT2D eigenvalue weighted by molar-refractivity contribution is 0.324. The van der Waals surface area contributed by atoms with Crippen molar-refractivity contribution >= 4 is 77.6 Å². The fraction of sp³-hybridized carbons (Fsp3) is 0.583. The highest BCUT2D eigenvalue weighted by molar-refractivity contribution is 7.88. The summed E-state index contributed by atoms with van der Waals surface area (Å²) in [5, 5.41) is 24.5. The van der Waals surface area contributed by atoms with Gasteiger partial charge in [-0.05, 0) is 61.4 Å². The molecule has 0 aromatic heterocycles. The van der Waals surface area contributed by atoms with E-state index in [1.807, 2.05) is 0 Å². The van der Waals surface area contributed by atoms with Gasteiger partial charge in [0.05, 0.1) is 29.1 Å². The topological polar surface area (TPSA) is 47.6 Å². The van der Waals surface area contributed by atoms with E-state index in [0.717, 1.165) is 0 Å². The van der Waals surface area contributed by atoms with Crippen LogP contribution in [0, 0.1) is 34.5 Å². The first-order chi connectivity index (χ1) is 26.7. The zero-order valence-corrected chi connectivity index (χ0v) is 49.7. The molecule has 0 spiro atoms. The fourth-order valence-electron chi connectivity index (χ4n) is 14.9. The molecule has 0 saturated heterocycles. The Morgan fingerprint density at radius 2 is 0.898 bits per heavy atom. The first kappa shape index (κ1) is 48.8. The van der Waals surface area contributed by atoms with Crippen LogP contribution in [0.3, 0.4) is 0 Å². The SMILES string of the molecule is C[Si](C)(C)C(c1cc(C([Si](C)(C)C)([Si](C)(C)C)[Si](C)(C)C)cc(C([Si](C)(C)C)[Si](C)(C)C)c1P=PC12c3ccccc3C(c3ccccc31)[C@@H](C#N)[C@H]2C#N)[Si](C)(C)C. The largest absolute Gasteiger partial charge is 0.198 e. The molecule has 3 aliphatic rings. The van der Waals surface area contributed by atoms with Gasteiger partial charge >= 0.3 is 0 Å². The molecule has 2 nitrogen and oxygen atoms in total. The average molecular weight is 942 g/mol. The standard InChI is InChI=1S/C48H78N2P2Si7/c1-53(2,3)45(54(4,5)6)37-30-34(48(57(13,14)15,58(16,17)18)59(19,20)21)31-38(46(55(7,8)9)56(10,11)12)44(37)51-52-47-40-28-24-22-26-35(40)43(39(32-49)42(47)33-50)36-27-23-25-29-41(36)47/h22-31,39,42-43,45-46H,1-21H3/t39-,42+,43?,47?/m0/s1. The molecule has 6 rings (SSSR count). The van der Waals surface area contributed by atoms with Crippen LogP contribution in [0.2, 0.25) is 137 Å². The Morgan fingerprint density at radius 1 is 0.542 bits per heavy atom. The molecule has 318 valence electrons. The van der Waals surface area contributed by atoms with E-state index in [1.54, 1.807) is 22.0 Å². The van der Waals surface area contributed by atoms with Gasteiger partial charge in [-0.15, -0.1) is 0 Å². The Morgan fingerprint density at radius 3 is 1.20 bits per heavy atom. The second kappa shape index (κ2) is 15.8. The van der Waals surface area contributed by atoms with Gasteiger partial charge in [-0.3, -0.25) is 0 Å². The lowest BCUT2D eigenvalue weighted by Crippen LogP contribution is -2.74. The van der Waals surface area contributed by atoms with Crippen molar-refractivity contribution in [1.29, 1.82) is 10.5 Å². The highest BCUT2D eigenvalue weighted by Crippen LogP contribution is 2.67. The van der Waals surface area contributed by atoms with E-state index in [2.05, 4.69) is 210 Å². The van der Waals surface area contributed by atoms with Gasteiger partial charge in [-0.1, -0.05) is 206 Å². The van der Waals surface area contributed by atoms with Crippen LogP contribution in [0.15, 0.2) is 60.7 Å². The third kappa shape index (κ3) is 8.01. The monoisotopic (exact) mass is 940 g/mol. The molecule has 0 N–H and O–H groups in total. The maximum atomic E-state index is 11.3. The summed E-state index contributed by atoms with van der Waals surface area (Å²) in [5.41, 5.74) is 10.2. The quantitative estimate of drug-likeness (QED) is 0.134. The van der Waals surface area contributed by atoms with E-state index >= 15 is 0 Å². The molecule has 2 bridgehead atoms. The molecule has 0 unspecified atom stereocenters. The van der Waals surface area contributed by atoms with Crippen molar-refractivity contribution in [3.05, 3.63) is 99.6 Å². The second-order valence-electron chi connectivity index (χ2n) is 25.7. The van der Waals surface area contributed by atoms with Crippen LogP contribution in [0.4, 0.5) is 0 Å². The summed E-state index contributed by atoms with van der Waals surface area (Å²) in [6.07, 6.45) is 0. The lowest BCUT2D eigenvalue weighted by Gasteiger charge is -2.60. The van der Waals surface area contributed by atoms with Crippen molar-refractivity contribution in [3.63, 3.8) is 0 Å². The molecule has 59 heavy (non-hydrogen) atoms. The van der Waals surface area contributed by atoms with E-state index in [9.17, 15) is 10.5 Å². The van der Waals surface area contributed by atoms with Gasteiger partial charge in [0, 0.05) is 67.7 Å². The molecule has 0 radical (unpaired) electrons. The molecule has 11 heteroatoms. The minimum atomic E-state index is -1.83. The van der Waals surface area contributed by atoms with Crippen LogP contribution < -0.4 is 5.30 Å². The van der Waals surface area contributed by atoms with Crippen LogP contribution in [0.1, 0.15) is 55.2 Å². The number of fused-ring (bicyclic) bond motifs is 1. The van der Waals surface area contributed by atoms with Crippen molar-refractivity contribution in [3.8, 4) is 12.1 Å². The van der Waals surface area contributed by atoms with E-state index in [0.29, 0.717) is 10.3 Å². The Kier molecular flexibility index (Phi) is 13.0. The van der Waals surface area contributed by atoms with Crippen LogP contribution in [0.25, 0.3) is 0 Å². The average Bonchev–Trinajstić information content (AvgIpc) is 3.03. The molecule has 2 atom stereocenters. The van der Waals surface area contributed by atoms with Crippen molar-refractivity contribution < 1.29 is 0 Å². The van der Waals surface area contributed by atoms with Gasteiger partial charge in [-0.25, -0.2) is 0 Å². The Hall–Kier alpha value is -1.24.